The minimum atomic E-state index is 0.208. The van der Waals surface area contributed by atoms with E-state index in [-0.39, 0.29) is 5.91 Å². The molecule has 1 saturated heterocycles. The van der Waals surface area contributed by atoms with Crippen molar-refractivity contribution in [3.05, 3.63) is 24.3 Å². The monoisotopic (exact) mass is 262 g/mol. The lowest BCUT2D eigenvalue weighted by Crippen LogP contribution is -2.35. The molecule has 0 aliphatic carbocycles. The minimum absolute atomic E-state index is 0.208. The average molecular weight is 262 g/mol. The van der Waals surface area contributed by atoms with Gasteiger partial charge in [0.15, 0.2) is 0 Å². The van der Waals surface area contributed by atoms with Crippen molar-refractivity contribution in [1.82, 2.24) is 4.90 Å². The van der Waals surface area contributed by atoms with Crippen LogP contribution in [0.2, 0.25) is 0 Å². The van der Waals surface area contributed by atoms with E-state index in [4.69, 9.17) is 10.5 Å². The van der Waals surface area contributed by atoms with Crippen molar-refractivity contribution in [1.29, 1.82) is 0 Å². The van der Waals surface area contributed by atoms with Gasteiger partial charge in [-0.05, 0) is 43.5 Å². The van der Waals surface area contributed by atoms with Crippen LogP contribution in [0.5, 0.6) is 5.75 Å². The summed E-state index contributed by atoms with van der Waals surface area (Å²) in [4.78, 5) is 14.1. The Kier molecular flexibility index (Phi) is 4.66. The van der Waals surface area contributed by atoms with Crippen molar-refractivity contribution in [2.45, 2.75) is 38.6 Å². The Hall–Kier alpha value is -1.71. The summed E-state index contributed by atoms with van der Waals surface area (Å²) in [6, 6.07) is 7.67. The topological polar surface area (TPSA) is 55.6 Å². The van der Waals surface area contributed by atoms with Crippen LogP contribution in [0.15, 0.2) is 24.3 Å². The van der Waals surface area contributed by atoms with E-state index in [1.54, 1.807) is 12.1 Å². The van der Waals surface area contributed by atoms with Crippen LogP contribution in [0.3, 0.4) is 0 Å². The zero-order chi connectivity index (χ0) is 13.7. The van der Waals surface area contributed by atoms with Crippen LogP contribution in [0.1, 0.15) is 32.6 Å². The zero-order valence-corrected chi connectivity index (χ0v) is 11.5. The molecule has 0 spiro atoms. The van der Waals surface area contributed by atoms with E-state index in [0.29, 0.717) is 24.8 Å². The van der Waals surface area contributed by atoms with Gasteiger partial charge in [-0.3, -0.25) is 4.79 Å². The molecular formula is C15H22N2O2. The summed E-state index contributed by atoms with van der Waals surface area (Å²) < 4.78 is 5.56. The largest absolute Gasteiger partial charge is 0.493 e. The fourth-order valence-corrected chi connectivity index (χ4v) is 2.55. The van der Waals surface area contributed by atoms with E-state index in [2.05, 4.69) is 6.92 Å². The molecule has 1 aliphatic heterocycles. The van der Waals surface area contributed by atoms with Gasteiger partial charge in [-0.25, -0.2) is 0 Å². The third-order valence-electron chi connectivity index (χ3n) is 3.63. The van der Waals surface area contributed by atoms with E-state index < -0.39 is 0 Å². The predicted octanol–water partition coefficient (Wildman–Crippen LogP) is 2.44. The Balaban J connectivity index is 1.76. The summed E-state index contributed by atoms with van der Waals surface area (Å²) >= 11 is 0. The molecule has 1 atom stereocenters. The van der Waals surface area contributed by atoms with E-state index in [1.807, 2.05) is 17.0 Å². The second kappa shape index (κ2) is 6.45. The number of benzene rings is 1. The first-order chi connectivity index (χ1) is 9.20. The normalized spacial score (nSPS) is 18.6. The molecular weight excluding hydrogens is 240 g/mol. The highest BCUT2D eigenvalue weighted by Gasteiger charge is 2.26. The number of likely N-dealkylation sites (tertiary alicyclic amines) is 1. The summed E-state index contributed by atoms with van der Waals surface area (Å²) in [5.41, 5.74) is 6.31. The summed E-state index contributed by atoms with van der Waals surface area (Å²) in [5, 5.41) is 0. The molecule has 0 radical (unpaired) electrons. The molecule has 2 rings (SSSR count). The molecule has 1 heterocycles. The molecule has 1 amide bonds. The highest BCUT2D eigenvalue weighted by molar-refractivity contribution is 5.77. The maximum Gasteiger partial charge on any atom is 0.226 e. The van der Waals surface area contributed by atoms with Gasteiger partial charge in [-0.15, -0.1) is 0 Å². The maximum absolute atomic E-state index is 12.1. The number of carbonyl (C=O) groups excluding carboxylic acids is 1. The van der Waals surface area contributed by atoms with Crippen LogP contribution in [0.25, 0.3) is 0 Å². The molecule has 1 unspecified atom stereocenters. The zero-order valence-electron chi connectivity index (χ0n) is 11.5. The third kappa shape index (κ3) is 3.63. The van der Waals surface area contributed by atoms with Gasteiger partial charge < -0.3 is 15.4 Å². The summed E-state index contributed by atoms with van der Waals surface area (Å²) in [6.45, 7) is 3.47. The number of nitrogens with zero attached hydrogens (tertiary/aromatic N) is 1. The molecule has 0 bridgehead atoms. The maximum atomic E-state index is 12.1. The molecule has 1 aromatic rings. The minimum Gasteiger partial charge on any atom is -0.493 e. The number of anilines is 1. The van der Waals surface area contributed by atoms with E-state index in [9.17, 15) is 4.79 Å². The van der Waals surface area contributed by atoms with Crippen LogP contribution < -0.4 is 10.5 Å². The van der Waals surface area contributed by atoms with Gasteiger partial charge in [-0.1, -0.05) is 6.92 Å². The molecule has 1 fully saturated rings. The van der Waals surface area contributed by atoms with Crippen LogP contribution >= 0.6 is 0 Å². The molecule has 4 heteroatoms. The van der Waals surface area contributed by atoms with Gasteiger partial charge >= 0.3 is 0 Å². The number of hydrogen-bond acceptors (Lipinski definition) is 3. The van der Waals surface area contributed by atoms with Crippen LogP contribution in [0.4, 0.5) is 5.69 Å². The Bertz CT molecular complexity index is 417. The quantitative estimate of drug-likeness (QED) is 0.829. The Labute approximate surface area is 114 Å². The van der Waals surface area contributed by atoms with Gasteiger partial charge in [-0.2, -0.15) is 0 Å². The van der Waals surface area contributed by atoms with Gasteiger partial charge in [0.2, 0.25) is 5.91 Å². The van der Waals surface area contributed by atoms with Crippen LogP contribution in [0, 0.1) is 0 Å². The number of amides is 1. The Morgan fingerprint density at radius 2 is 2.16 bits per heavy atom. The second-order valence-electron chi connectivity index (χ2n) is 4.96. The van der Waals surface area contributed by atoms with Gasteiger partial charge in [0.05, 0.1) is 13.0 Å². The molecule has 1 aromatic carbocycles. The Morgan fingerprint density at radius 3 is 2.84 bits per heavy atom. The predicted molar refractivity (Wildman–Crippen MR) is 76.0 cm³/mol. The molecule has 104 valence electrons. The fraction of sp³-hybridized carbons (Fsp3) is 0.533. The first-order valence-electron chi connectivity index (χ1n) is 6.98. The van der Waals surface area contributed by atoms with Crippen molar-refractivity contribution in [3.8, 4) is 5.75 Å². The molecule has 4 nitrogen and oxygen atoms in total. The summed E-state index contributed by atoms with van der Waals surface area (Å²) in [7, 11) is 0. The number of ether oxygens (including phenoxy) is 1. The summed E-state index contributed by atoms with van der Waals surface area (Å²) in [5.74, 6) is 0.968. The third-order valence-corrected chi connectivity index (χ3v) is 3.63. The van der Waals surface area contributed by atoms with Crippen molar-refractivity contribution >= 4 is 11.6 Å². The summed E-state index contributed by atoms with van der Waals surface area (Å²) in [6.07, 6.45) is 3.76. The van der Waals surface area contributed by atoms with Crippen molar-refractivity contribution in [3.63, 3.8) is 0 Å². The molecule has 19 heavy (non-hydrogen) atoms. The first-order valence-corrected chi connectivity index (χ1v) is 6.98. The number of hydrogen-bond donors (Lipinski definition) is 1. The standard InChI is InChI=1S/C15H22N2O2/c1-2-13-4-3-10-17(13)15(18)9-11-19-14-7-5-12(16)6-8-14/h5-8,13H,2-4,9-11,16H2,1H3. The fourth-order valence-electron chi connectivity index (χ4n) is 2.55. The van der Waals surface area contributed by atoms with Crippen molar-refractivity contribution in [2.75, 3.05) is 18.9 Å². The first kappa shape index (κ1) is 13.7. The number of carbonyl (C=O) groups is 1. The van der Waals surface area contributed by atoms with E-state index >= 15 is 0 Å². The van der Waals surface area contributed by atoms with Gasteiger partial charge in [0, 0.05) is 18.3 Å². The lowest BCUT2D eigenvalue weighted by atomic mass is 10.1. The van der Waals surface area contributed by atoms with E-state index in [1.165, 1.54) is 0 Å². The molecule has 1 aliphatic rings. The van der Waals surface area contributed by atoms with Gasteiger partial charge in [0.1, 0.15) is 5.75 Å². The number of nitrogen functional groups attached to an aromatic ring is 1. The number of nitrogens with two attached hydrogens (primary N) is 1. The SMILES string of the molecule is CCC1CCCN1C(=O)CCOc1ccc(N)cc1. The molecule has 0 saturated carbocycles. The van der Waals surface area contributed by atoms with Crippen LogP contribution in [-0.4, -0.2) is 30.0 Å². The second-order valence-corrected chi connectivity index (χ2v) is 4.96. The number of rotatable bonds is 5. The highest BCUT2D eigenvalue weighted by Crippen LogP contribution is 2.20. The lowest BCUT2D eigenvalue weighted by Gasteiger charge is -2.23. The molecule has 2 N–H and O–H groups in total. The van der Waals surface area contributed by atoms with Gasteiger partial charge in [0.25, 0.3) is 0 Å². The van der Waals surface area contributed by atoms with Crippen molar-refractivity contribution in [2.24, 2.45) is 0 Å². The Morgan fingerprint density at radius 1 is 1.42 bits per heavy atom. The highest BCUT2D eigenvalue weighted by atomic mass is 16.5. The smallest absolute Gasteiger partial charge is 0.226 e. The van der Waals surface area contributed by atoms with Crippen molar-refractivity contribution < 1.29 is 9.53 Å². The average Bonchev–Trinajstić information content (AvgIpc) is 2.89. The lowest BCUT2D eigenvalue weighted by molar-refractivity contribution is -0.132. The molecule has 0 aromatic heterocycles. The van der Waals surface area contributed by atoms with E-state index in [0.717, 1.165) is 31.6 Å². The van der Waals surface area contributed by atoms with Crippen LogP contribution in [-0.2, 0) is 4.79 Å².